The van der Waals surface area contributed by atoms with E-state index in [4.69, 9.17) is 0 Å². The van der Waals surface area contributed by atoms with Gasteiger partial charge in [-0.05, 0) is 37.1 Å². The van der Waals surface area contributed by atoms with Gasteiger partial charge in [-0.15, -0.1) is 0 Å². The van der Waals surface area contributed by atoms with Crippen LogP contribution in [-0.2, 0) is 10.8 Å². The summed E-state index contributed by atoms with van der Waals surface area (Å²) in [6.07, 6.45) is 3.79. The molecule has 0 bridgehead atoms. The lowest BCUT2D eigenvalue weighted by atomic mass is 10.0. The Labute approximate surface area is 115 Å². The Bertz CT molecular complexity index is 353. The van der Waals surface area contributed by atoms with E-state index in [1.165, 1.54) is 5.56 Å². The molecule has 2 nitrogen and oxygen atoms in total. The van der Waals surface area contributed by atoms with Gasteiger partial charge in [0.2, 0.25) is 0 Å². The highest BCUT2D eigenvalue weighted by Gasteiger charge is 2.07. The first-order valence-electron chi connectivity index (χ1n) is 5.92. The van der Waals surface area contributed by atoms with Gasteiger partial charge in [-0.25, -0.2) is 0 Å². The van der Waals surface area contributed by atoms with Gasteiger partial charge in [0.1, 0.15) is 0 Å². The normalized spacial score (nSPS) is 14.5. The fourth-order valence-corrected chi connectivity index (χ4v) is 2.56. The predicted octanol–water partition coefficient (Wildman–Crippen LogP) is 3.26. The molecule has 1 N–H and O–H groups in total. The van der Waals surface area contributed by atoms with Crippen LogP contribution in [0.15, 0.2) is 28.7 Å². The van der Waals surface area contributed by atoms with E-state index in [9.17, 15) is 4.21 Å². The monoisotopic (exact) mass is 317 g/mol. The molecular formula is C13H20BrNOS. The standard InChI is InChI=1S/C13H20BrNOS/c1-3-13(15-9-4-10-17(2)16)11-5-7-12(14)8-6-11/h5-8,13,15H,3-4,9-10H2,1-2H3. The van der Waals surface area contributed by atoms with E-state index < -0.39 is 10.8 Å². The Morgan fingerprint density at radius 1 is 1.35 bits per heavy atom. The van der Waals surface area contributed by atoms with Crippen molar-refractivity contribution in [1.82, 2.24) is 5.32 Å². The van der Waals surface area contributed by atoms with E-state index in [2.05, 4.69) is 52.4 Å². The molecule has 0 heterocycles. The van der Waals surface area contributed by atoms with Gasteiger partial charge in [-0.3, -0.25) is 4.21 Å². The molecule has 0 spiro atoms. The minimum Gasteiger partial charge on any atom is -0.310 e. The van der Waals surface area contributed by atoms with Crippen LogP contribution in [0, 0.1) is 0 Å². The number of hydrogen-bond donors (Lipinski definition) is 1. The molecule has 0 aliphatic heterocycles. The SMILES string of the molecule is CCC(NCCCS(C)=O)c1ccc(Br)cc1. The highest BCUT2D eigenvalue weighted by atomic mass is 79.9. The Balaban J connectivity index is 2.43. The van der Waals surface area contributed by atoms with E-state index in [1.54, 1.807) is 6.26 Å². The van der Waals surface area contributed by atoms with E-state index in [0.29, 0.717) is 6.04 Å². The molecule has 0 fully saturated rings. The third-order valence-electron chi connectivity index (χ3n) is 2.68. The third kappa shape index (κ3) is 5.80. The molecule has 1 aromatic carbocycles. The molecule has 0 radical (unpaired) electrons. The van der Waals surface area contributed by atoms with Crippen LogP contribution in [0.4, 0.5) is 0 Å². The van der Waals surface area contributed by atoms with E-state index in [1.807, 2.05) is 0 Å². The molecule has 1 rings (SSSR count). The topological polar surface area (TPSA) is 29.1 Å². The Morgan fingerprint density at radius 2 is 2.00 bits per heavy atom. The van der Waals surface area contributed by atoms with Crippen molar-refractivity contribution < 1.29 is 4.21 Å². The zero-order valence-corrected chi connectivity index (χ0v) is 12.8. The van der Waals surface area contributed by atoms with Crippen LogP contribution in [-0.4, -0.2) is 22.8 Å². The molecule has 0 amide bonds. The largest absolute Gasteiger partial charge is 0.310 e. The summed E-state index contributed by atoms with van der Waals surface area (Å²) in [6.45, 7) is 3.10. The lowest BCUT2D eigenvalue weighted by Gasteiger charge is -2.17. The Hall–Kier alpha value is -0.190. The number of rotatable bonds is 7. The quantitative estimate of drug-likeness (QED) is 0.782. The van der Waals surface area contributed by atoms with E-state index >= 15 is 0 Å². The van der Waals surface area contributed by atoms with Crippen LogP contribution in [0.2, 0.25) is 0 Å². The molecule has 2 atom stereocenters. The van der Waals surface area contributed by atoms with Gasteiger partial charge in [-0.2, -0.15) is 0 Å². The summed E-state index contributed by atoms with van der Waals surface area (Å²) in [7, 11) is -0.676. The van der Waals surface area contributed by atoms with Crippen LogP contribution in [0.3, 0.4) is 0 Å². The van der Waals surface area contributed by atoms with Crippen LogP contribution < -0.4 is 5.32 Å². The average molecular weight is 318 g/mol. The molecular weight excluding hydrogens is 298 g/mol. The van der Waals surface area contributed by atoms with Crippen molar-refractivity contribution >= 4 is 26.7 Å². The molecule has 0 saturated heterocycles. The first-order valence-corrected chi connectivity index (χ1v) is 8.44. The van der Waals surface area contributed by atoms with Gasteiger partial charge in [-0.1, -0.05) is 35.0 Å². The Kier molecular flexibility index (Phi) is 7.00. The van der Waals surface area contributed by atoms with Crippen molar-refractivity contribution in [1.29, 1.82) is 0 Å². The second kappa shape index (κ2) is 8.01. The zero-order valence-electron chi connectivity index (χ0n) is 10.4. The van der Waals surface area contributed by atoms with Crippen molar-refractivity contribution in [3.05, 3.63) is 34.3 Å². The summed E-state index contributed by atoms with van der Waals surface area (Å²) in [5, 5.41) is 3.51. The van der Waals surface area contributed by atoms with Crippen LogP contribution >= 0.6 is 15.9 Å². The highest BCUT2D eigenvalue weighted by molar-refractivity contribution is 9.10. The van der Waals surface area contributed by atoms with Gasteiger partial charge in [0, 0.05) is 33.3 Å². The third-order valence-corrected chi connectivity index (χ3v) is 4.07. The van der Waals surface area contributed by atoms with Crippen LogP contribution in [0.5, 0.6) is 0 Å². The van der Waals surface area contributed by atoms with Crippen molar-refractivity contribution in [2.24, 2.45) is 0 Å². The van der Waals surface area contributed by atoms with Gasteiger partial charge >= 0.3 is 0 Å². The summed E-state index contributed by atoms with van der Waals surface area (Å²) in [5.41, 5.74) is 1.31. The second-order valence-electron chi connectivity index (χ2n) is 4.10. The fourth-order valence-electron chi connectivity index (χ4n) is 1.74. The summed E-state index contributed by atoms with van der Waals surface area (Å²) in [6, 6.07) is 8.82. The van der Waals surface area contributed by atoms with Gasteiger partial charge in [0.05, 0.1) is 0 Å². The molecule has 2 unspecified atom stereocenters. The maximum Gasteiger partial charge on any atom is 0.0317 e. The van der Waals surface area contributed by atoms with E-state index in [-0.39, 0.29) is 0 Å². The summed E-state index contributed by atoms with van der Waals surface area (Å²) < 4.78 is 12.1. The van der Waals surface area contributed by atoms with Crippen molar-refractivity contribution in [2.75, 3.05) is 18.6 Å². The molecule has 96 valence electrons. The van der Waals surface area contributed by atoms with Crippen molar-refractivity contribution in [3.8, 4) is 0 Å². The number of benzene rings is 1. The van der Waals surface area contributed by atoms with Gasteiger partial charge < -0.3 is 5.32 Å². The maximum absolute atomic E-state index is 10.9. The maximum atomic E-state index is 10.9. The minimum atomic E-state index is -0.676. The Morgan fingerprint density at radius 3 is 2.53 bits per heavy atom. The second-order valence-corrected chi connectivity index (χ2v) is 6.57. The average Bonchev–Trinajstić information content (AvgIpc) is 2.30. The number of halogens is 1. The molecule has 0 saturated carbocycles. The summed E-state index contributed by atoms with van der Waals surface area (Å²) >= 11 is 3.44. The molecule has 0 aromatic heterocycles. The van der Waals surface area contributed by atoms with Crippen LogP contribution in [0.25, 0.3) is 0 Å². The van der Waals surface area contributed by atoms with Crippen LogP contribution in [0.1, 0.15) is 31.4 Å². The number of nitrogens with one attached hydrogen (secondary N) is 1. The fraction of sp³-hybridized carbons (Fsp3) is 0.538. The minimum absolute atomic E-state index is 0.397. The molecule has 17 heavy (non-hydrogen) atoms. The first-order chi connectivity index (χ1) is 8.13. The number of hydrogen-bond acceptors (Lipinski definition) is 2. The van der Waals surface area contributed by atoms with Gasteiger partial charge in [0.15, 0.2) is 0 Å². The smallest absolute Gasteiger partial charge is 0.0317 e. The zero-order chi connectivity index (χ0) is 12.7. The predicted molar refractivity (Wildman–Crippen MR) is 78.7 cm³/mol. The lowest BCUT2D eigenvalue weighted by Crippen LogP contribution is -2.22. The molecule has 0 aliphatic carbocycles. The van der Waals surface area contributed by atoms with E-state index in [0.717, 1.165) is 29.6 Å². The molecule has 0 aliphatic rings. The first kappa shape index (κ1) is 14.9. The summed E-state index contributed by atoms with van der Waals surface area (Å²) in [5.74, 6) is 0.782. The highest BCUT2D eigenvalue weighted by Crippen LogP contribution is 2.19. The van der Waals surface area contributed by atoms with Gasteiger partial charge in [0.25, 0.3) is 0 Å². The summed E-state index contributed by atoms with van der Waals surface area (Å²) in [4.78, 5) is 0. The van der Waals surface area contributed by atoms with Crippen molar-refractivity contribution in [3.63, 3.8) is 0 Å². The molecule has 1 aromatic rings. The molecule has 4 heteroatoms. The van der Waals surface area contributed by atoms with Crippen molar-refractivity contribution in [2.45, 2.75) is 25.8 Å². The lowest BCUT2D eigenvalue weighted by molar-refractivity contribution is 0.519.